The maximum Gasteiger partial charge on any atom is 0.239 e. The topological polar surface area (TPSA) is 23.8 Å². The molecule has 0 unspecified atom stereocenters. The zero-order valence-electron chi connectivity index (χ0n) is 7.71. The predicted octanol–water partition coefficient (Wildman–Crippen LogP) is 2.95. The summed E-state index contributed by atoms with van der Waals surface area (Å²) in [6.07, 6.45) is -1.78. The second-order valence-electron chi connectivity index (χ2n) is 3.03. The summed E-state index contributed by atoms with van der Waals surface area (Å²) in [6.45, 7) is 0. The largest absolute Gasteiger partial charge is 0.239 e. The molecule has 0 bridgehead atoms. The van der Waals surface area contributed by atoms with Crippen molar-refractivity contribution in [1.29, 1.82) is 5.26 Å². The van der Waals surface area contributed by atoms with E-state index in [9.17, 15) is 8.78 Å². The van der Waals surface area contributed by atoms with E-state index in [2.05, 4.69) is 0 Å². The van der Waals surface area contributed by atoms with Crippen LogP contribution in [0.25, 0.3) is 0 Å². The number of hydrogen-bond donors (Lipinski definition) is 0. The minimum atomic E-state index is -2.27. The molecule has 0 saturated carbocycles. The van der Waals surface area contributed by atoms with Crippen molar-refractivity contribution in [1.82, 2.24) is 0 Å². The zero-order chi connectivity index (χ0) is 10.4. The van der Waals surface area contributed by atoms with Crippen LogP contribution in [0.5, 0.6) is 0 Å². The SMILES string of the molecule is N#CCc1ccccc1CCC(F)F. The Labute approximate surface area is 82.0 Å². The van der Waals surface area contributed by atoms with Gasteiger partial charge in [-0.25, -0.2) is 8.78 Å². The molecule has 0 radical (unpaired) electrons. The number of alkyl halides is 2. The summed E-state index contributed by atoms with van der Waals surface area (Å²) in [4.78, 5) is 0. The fourth-order valence-corrected chi connectivity index (χ4v) is 1.32. The Morgan fingerprint density at radius 1 is 1.21 bits per heavy atom. The quantitative estimate of drug-likeness (QED) is 0.724. The third-order valence-corrected chi connectivity index (χ3v) is 2.02. The normalized spacial score (nSPS) is 10.1. The molecular weight excluding hydrogens is 184 g/mol. The minimum absolute atomic E-state index is 0.136. The van der Waals surface area contributed by atoms with Crippen molar-refractivity contribution < 1.29 is 8.78 Å². The van der Waals surface area contributed by atoms with Gasteiger partial charge in [-0.15, -0.1) is 0 Å². The van der Waals surface area contributed by atoms with Crippen molar-refractivity contribution in [3.63, 3.8) is 0 Å². The van der Waals surface area contributed by atoms with Crippen LogP contribution in [0.4, 0.5) is 8.78 Å². The van der Waals surface area contributed by atoms with Gasteiger partial charge in [0, 0.05) is 6.42 Å². The standard InChI is InChI=1S/C11H11F2N/c12-11(13)6-5-9-3-1-2-4-10(9)7-8-14/h1-4,11H,5-7H2. The Balaban J connectivity index is 2.70. The van der Waals surface area contributed by atoms with E-state index < -0.39 is 6.43 Å². The van der Waals surface area contributed by atoms with E-state index in [4.69, 9.17) is 5.26 Å². The van der Waals surface area contributed by atoms with Gasteiger partial charge in [-0.2, -0.15) is 5.26 Å². The van der Waals surface area contributed by atoms with Crippen LogP contribution in [-0.4, -0.2) is 6.43 Å². The highest BCUT2D eigenvalue weighted by Crippen LogP contribution is 2.13. The van der Waals surface area contributed by atoms with Crippen LogP contribution >= 0.6 is 0 Å². The predicted molar refractivity (Wildman–Crippen MR) is 50.1 cm³/mol. The summed E-state index contributed by atoms with van der Waals surface area (Å²) in [5.74, 6) is 0. The fourth-order valence-electron chi connectivity index (χ4n) is 1.32. The summed E-state index contributed by atoms with van der Waals surface area (Å²) in [7, 11) is 0. The lowest BCUT2D eigenvalue weighted by Crippen LogP contribution is -1.98. The Bertz CT molecular complexity index is 328. The Kier molecular flexibility index (Phi) is 4.06. The van der Waals surface area contributed by atoms with Crippen molar-refractivity contribution in [2.75, 3.05) is 0 Å². The Morgan fingerprint density at radius 2 is 1.86 bits per heavy atom. The molecule has 14 heavy (non-hydrogen) atoms. The molecule has 0 aliphatic heterocycles. The van der Waals surface area contributed by atoms with E-state index in [-0.39, 0.29) is 6.42 Å². The first-order valence-corrected chi connectivity index (χ1v) is 4.46. The van der Waals surface area contributed by atoms with Crippen molar-refractivity contribution in [3.8, 4) is 6.07 Å². The smallest absolute Gasteiger partial charge is 0.211 e. The van der Waals surface area contributed by atoms with Crippen LogP contribution in [0, 0.1) is 11.3 Å². The maximum absolute atomic E-state index is 12.0. The molecule has 0 saturated heterocycles. The molecule has 0 fully saturated rings. The maximum atomic E-state index is 12.0. The molecule has 1 nitrogen and oxygen atoms in total. The molecule has 0 atom stereocenters. The van der Waals surface area contributed by atoms with E-state index >= 15 is 0 Å². The van der Waals surface area contributed by atoms with E-state index in [1.165, 1.54) is 0 Å². The first kappa shape index (κ1) is 10.6. The van der Waals surface area contributed by atoms with Crippen molar-refractivity contribution >= 4 is 0 Å². The summed E-state index contributed by atoms with van der Waals surface area (Å²) >= 11 is 0. The minimum Gasteiger partial charge on any atom is -0.211 e. The zero-order valence-corrected chi connectivity index (χ0v) is 7.71. The van der Waals surface area contributed by atoms with Crippen molar-refractivity contribution in [2.45, 2.75) is 25.7 Å². The number of nitriles is 1. The van der Waals surface area contributed by atoms with E-state index in [0.29, 0.717) is 12.8 Å². The average molecular weight is 195 g/mol. The average Bonchev–Trinajstić information content (AvgIpc) is 2.17. The number of benzene rings is 1. The molecule has 74 valence electrons. The Morgan fingerprint density at radius 3 is 2.43 bits per heavy atom. The molecule has 0 aliphatic rings. The van der Waals surface area contributed by atoms with Crippen molar-refractivity contribution in [3.05, 3.63) is 35.4 Å². The van der Waals surface area contributed by atoms with Gasteiger partial charge in [-0.05, 0) is 17.5 Å². The van der Waals surface area contributed by atoms with E-state index in [1.807, 2.05) is 24.3 Å². The Hall–Kier alpha value is -1.43. The van der Waals surface area contributed by atoms with Crippen LogP contribution in [0.2, 0.25) is 0 Å². The molecule has 1 aromatic rings. The number of rotatable bonds is 4. The molecule has 0 N–H and O–H groups in total. The first-order chi connectivity index (χ1) is 6.74. The summed E-state index contributed by atoms with van der Waals surface area (Å²) < 4.78 is 23.9. The van der Waals surface area contributed by atoms with Crippen molar-refractivity contribution in [2.24, 2.45) is 0 Å². The third-order valence-electron chi connectivity index (χ3n) is 2.02. The van der Waals surface area contributed by atoms with Crippen LogP contribution in [-0.2, 0) is 12.8 Å². The van der Waals surface area contributed by atoms with E-state index in [0.717, 1.165) is 11.1 Å². The third kappa shape index (κ3) is 3.14. The molecule has 1 rings (SSSR count). The van der Waals surface area contributed by atoms with Gasteiger partial charge in [0.05, 0.1) is 12.5 Å². The monoisotopic (exact) mass is 195 g/mol. The van der Waals surface area contributed by atoms with Gasteiger partial charge in [-0.1, -0.05) is 24.3 Å². The second kappa shape index (κ2) is 5.33. The molecule has 0 heterocycles. The van der Waals surface area contributed by atoms with Gasteiger partial charge in [0.15, 0.2) is 0 Å². The lowest BCUT2D eigenvalue weighted by molar-refractivity contribution is 0.138. The molecule has 0 amide bonds. The van der Waals surface area contributed by atoms with Crippen LogP contribution in [0.1, 0.15) is 17.5 Å². The van der Waals surface area contributed by atoms with Gasteiger partial charge in [-0.3, -0.25) is 0 Å². The lowest BCUT2D eigenvalue weighted by atomic mass is 10.0. The van der Waals surface area contributed by atoms with Gasteiger partial charge in [0.25, 0.3) is 0 Å². The number of aryl methyl sites for hydroxylation is 1. The van der Waals surface area contributed by atoms with Gasteiger partial charge < -0.3 is 0 Å². The number of halogens is 2. The molecule has 0 spiro atoms. The molecule has 0 aliphatic carbocycles. The number of hydrogen-bond acceptors (Lipinski definition) is 1. The van der Waals surface area contributed by atoms with E-state index in [1.54, 1.807) is 6.07 Å². The summed E-state index contributed by atoms with van der Waals surface area (Å²) in [5.41, 5.74) is 1.71. The van der Waals surface area contributed by atoms with Crippen LogP contribution in [0.15, 0.2) is 24.3 Å². The highest BCUT2D eigenvalue weighted by Gasteiger charge is 2.06. The lowest BCUT2D eigenvalue weighted by Gasteiger charge is -2.05. The molecular formula is C11H11F2N. The highest BCUT2D eigenvalue weighted by atomic mass is 19.3. The molecule has 3 heteroatoms. The fraction of sp³-hybridized carbons (Fsp3) is 0.364. The number of nitrogens with zero attached hydrogens (tertiary/aromatic N) is 1. The van der Waals surface area contributed by atoms with Crippen LogP contribution < -0.4 is 0 Å². The first-order valence-electron chi connectivity index (χ1n) is 4.46. The molecule has 1 aromatic carbocycles. The second-order valence-corrected chi connectivity index (χ2v) is 3.03. The summed E-state index contributed by atoms with van der Waals surface area (Å²) in [5, 5.41) is 8.52. The van der Waals surface area contributed by atoms with Crippen LogP contribution in [0.3, 0.4) is 0 Å². The van der Waals surface area contributed by atoms with Gasteiger partial charge in [0.2, 0.25) is 6.43 Å². The highest BCUT2D eigenvalue weighted by molar-refractivity contribution is 5.29. The molecule has 0 aromatic heterocycles. The summed E-state index contributed by atoms with van der Waals surface area (Å²) in [6, 6.07) is 9.26. The van der Waals surface area contributed by atoms with Gasteiger partial charge in [0.1, 0.15) is 0 Å². The van der Waals surface area contributed by atoms with Gasteiger partial charge >= 0.3 is 0 Å².